The first-order chi connectivity index (χ1) is 15.8. The number of nitrogens with one attached hydrogen (secondary N) is 1. The van der Waals surface area contributed by atoms with Crippen molar-refractivity contribution in [2.45, 2.75) is 96.5 Å². The molecule has 2 aliphatic carbocycles. The van der Waals surface area contributed by atoms with Crippen molar-refractivity contribution in [3.8, 4) is 0 Å². The SMILES string of the molecule is CN(CCN(C)C(=O)O)Cc1cn[nH]c1C1=CCC(O[Si](C)(C)C(C)(C)C)C2(CCCCC2)C1. The number of amides is 1. The van der Waals surface area contributed by atoms with Crippen LogP contribution in [0.1, 0.15) is 77.0 Å². The summed E-state index contributed by atoms with van der Waals surface area (Å²) in [4.78, 5) is 14.6. The third kappa shape index (κ3) is 6.12. The van der Waals surface area contributed by atoms with Crippen molar-refractivity contribution in [3.05, 3.63) is 23.5 Å². The maximum atomic E-state index is 11.1. The fraction of sp³-hybridized carbons (Fsp3) is 0.769. The first-order valence-corrected chi connectivity index (χ1v) is 15.8. The molecule has 1 fully saturated rings. The van der Waals surface area contributed by atoms with Gasteiger partial charge in [0.15, 0.2) is 8.32 Å². The summed E-state index contributed by atoms with van der Waals surface area (Å²) in [5.41, 5.74) is 3.92. The lowest BCUT2D eigenvalue weighted by molar-refractivity contribution is 0.00600. The topological polar surface area (TPSA) is 81.7 Å². The van der Waals surface area contributed by atoms with Gasteiger partial charge in [0, 0.05) is 32.2 Å². The minimum absolute atomic E-state index is 0.211. The van der Waals surface area contributed by atoms with E-state index in [9.17, 15) is 4.79 Å². The minimum Gasteiger partial charge on any atom is -0.465 e. The summed E-state index contributed by atoms with van der Waals surface area (Å²) < 4.78 is 7.08. The molecule has 1 amide bonds. The smallest absolute Gasteiger partial charge is 0.407 e. The van der Waals surface area contributed by atoms with Crippen molar-refractivity contribution in [2.75, 3.05) is 27.2 Å². The second-order valence-corrected chi connectivity index (χ2v) is 16.9. The number of hydrogen-bond donors (Lipinski definition) is 2. The fourth-order valence-corrected chi connectivity index (χ4v) is 6.62. The van der Waals surface area contributed by atoms with E-state index in [-0.39, 0.29) is 10.5 Å². The van der Waals surface area contributed by atoms with Gasteiger partial charge in [-0.15, -0.1) is 0 Å². The Morgan fingerprint density at radius 2 is 1.91 bits per heavy atom. The zero-order chi connectivity index (χ0) is 25.1. The molecular formula is C26H46N4O3Si. The molecule has 1 aromatic heterocycles. The molecule has 1 spiro atoms. The number of H-pyrrole nitrogens is 1. The fourth-order valence-electron chi connectivity index (χ4n) is 5.21. The molecule has 1 saturated carbocycles. The van der Waals surface area contributed by atoms with Gasteiger partial charge >= 0.3 is 6.09 Å². The number of carbonyl (C=O) groups is 1. The van der Waals surface area contributed by atoms with Crippen molar-refractivity contribution in [3.63, 3.8) is 0 Å². The summed E-state index contributed by atoms with van der Waals surface area (Å²) in [6, 6.07) is 0. The van der Waals surface area contributed by atoms with Crippen LogP contribution >= 0.6 is 0 Å². The molecule has 0 bridgehead atoms. The molecule has 1 aromatic rings. The average Bonchev–Trinajstić information content (AvgIpc) is 3.21. The summed E-state index contributed by atoms with van der Waals surface area (Å²) in [6.07, 6.45) is 12.2. The Morgan fingerprint density at radius 1 is 1.24 bits per heavy atom. The standard InChI is InChI=1S/C26H46N4O3Si/c1-25(2,3)34(6,7)33-22-12-11-20(17-26(22)13-9-8-10-14-26)23-21(18-27-28-23)19-29(4)15-16-30(5)24(31)32/h11,18,22H,8-10,12-17,19H2,1-7H3,(H,27,28)(H,31,32). The van der Waals surface area contributed by atoms with Crippen LogP contribution in [0, 0.1) is 5.41 Å². The molecule has 3 rings (SSSR count). The lowest BCUT2D eigenvalue weighted by Crippen LogP contribution is -2.50. The van der Waals surface area contributed by atoms with Gasteiger partial charge in [0.1, 0.15) is 0 Å². The second-order valence-electron chi connectivity index (χ2n) is 12.1. The van der Waals surface area contributed by atoms with Crippen LogP contribution in [0.25, 0.3) is 5.57 Å². The molecule has 0 radical (unpaired) electrons. The molecule has 192 valence electrons. The third-order valence-corrected chi connectivity index (χ3v) is 13.0. The Labute approximate surface area is 207 Å². The Balaban J connectivity index is 1.77. The summed E-state index contributed by atoms with van der Waals surface area (Å²) in [6.45, 7) is 13.7. The van der Waals surface area contributed by atoms with E-state index in [4.69, 9.17) is 9.53 Å². The number of nitrogens with zero attached hydrogens (tertiary/aromatic N) is 3. The van der Waals surface area contributed by atoms with Gasteiger partial charge in [0.2, 0.25) is 0 Å². The predicted octanol–water partition coefficient (Wildman–Crippen LogP) is 5.97. The summed E-state index contributed by atoms with van der Waals surface area (Å²) in [5.74, 6) is 0. The molecule has 1 unspecified atom stereocenters. The molecule has 7 nitrogen and oxygen atoms in total. The van der Waals surface area contributed by atoms with E-state index in [0.29, 0.717) is 19.2 Å². The summed E-state index contributed by atoms with van der Waals surface area (Å²) in [7, 11) is 1.79. The molecule has 34 heavy (non-hydrogen) atoms. The highest BCUT2D eigenvalue weighted by molar-refractivity contribution is 6.74. The number of likely N-dealkylation sites (N-methyl/N-ethyl adjacent to an activating group) is 2. The maximum Gasteiger partial charge on any atom is 0.407 e. The number of aromatic nitrogens is 2. The van der Waals surface area contributed by atoms with Crippen molar-refractivity contribution < 1.29 is 14.3 Å². The highest BCUT2D eigenvalue weighted by Crippen LogP contribution is 2.53. The first kappa shape index (κ1) is 27.0. The van der Waals surface area contributed by atoms with Gasteiger partial charge in [0.25, 0.3) is 0 Å². The Kier molecular flexibility index (Phi) is 8.36. The van der Waals surface area contributed by atoms with Crippen molar-refractivity contribution in [1.82, 2.24) is 20.0 Å². The van der Waals surface area contributed by atoms with Crippen molar-refractivity contribution in [2.24, 2.45) is 5.41 Å². The third-order valence-electron chi connectivity index (χ3n) is 8.52. The molecule has 0 saturated heterocycles. The quantitative estimate of drug-likeness (QED) is 0.439. The zero-order valence-electron chi connectivity index (χ0n) is 22.4. The predicted molar refractivity (Wildman–Crippen MR) is 140 cm³/mol. The maximum absolute atomic E-state index is 11.1. The van der Waals surface area contributed by atoms with E-state index in [1.54, 1.807) is 7.05 Å². The average molecular weight is 491 g/mol. The highest BCUT2D eigenvalue weighted by Gasteiger charge is 2.48. The van der Waals surface area contributed by atoms with E-state index in [1.807, 2.05) is 13.2 Å². The largest absolute Gasteiger partial charge is 0.465 e. The van der Waals surface area contributed by atoms with E-state index >= 15 is 0 Å². The van der Waals surface area contributed by atoms with Crippen molar-refractivity contribution >= 4 is 20.0 Å². The monoisotopic (exact) mass is 490 g/mol. The Morgan fingerprint density at radius 3 is 2.53 bits per heavy atom. The van der Waals surface area contributed by atoms with Crippen molar-refractivity contribution in [1.29, 1.82) is 0 Å². The number of rotatable bonds is 8. The molecule has 1 atom stereocenters. The van der Waals surface area contributed by atoms with Crippen LogP contribution in [0.5, 0.6) is 0 Å². The lowest BCUT2D eigenvalue weighted by Gasteiger charge is -2.50. The van der Waals surface area contributed by atoms with E-state index < -0.39 is 14.4 Å². The molecule has 1 heterocycles. The molecule has 0 aliphatic heterocycles. The second kappa shape index (κ2) is 10.5. The highest BCUT2D eigenvalue weighted by atomic mass is 28.4. The van der Waals surface area contributed by atoms with Gasteiger partial charge in [-0.2, -0.15) is 5.10 Å². The van der Waals surface area contributed by atoms with Gasteiger partial charge in [-0.3, -0.25) is 5.10 Å². The lowest BCUT2D eigenvalue weighted by atomic mass is 9.63. The molecule has 8 heteroatoms. The molecule has 0 aromatic carbocycles. The van der Waals surface area contributed by atoms with Crippen LogP contribution < -0.4 is 0 Å². The number of aromatic amines is 1. The number of allylic oxidation sites excluding steroid dienone is 1. The van der Waals surface area contributed by atoms with Gasteiger partial charge in [-0.05, 0) is 61.9 Å². The van der Waals surface area contributed by atoms with Crippen LogP contribution in [0.2, 0.25) is 18.1 Å². The first-order valence-electron chi connectivity index (χ1n) is 12.9. The van der Waals surface area contributed by atoms with Gasteiger partial charge in [-0.1, -0.05) is 46.1 Å². The van der Waals surface area contributed by atoms with Crippen LogP contribution in [0.15, 0.2) is 12.3 Å². The van der Waals surface area contributed by atoms with Gasteiger partial charge in [0.05, 0.1) is 18.0 Å². The van der Waals surface area contributed by atoms with E-state index in [1.165, 1.54) is 48.1 Å². The zero-order valence-corrected chi connectivity index (χ0v) is 23.4. The normalized spacial score (nSPS) is 21.1. The van der Waals surface area contributed by atoms with Crippen LogP contribution in [0.4, 0.5) is 4.79 Å². The Bertz CT molecular complexity index is 868. The number of hydrogen-bond acceptors (Lipinski definition) is 4. The van der Waals surface area contributed by atoms with E-state index in [0.717, 1.165) is 25.1 Å². The summed E-state index contributed by atoms with van der Waals surface area (Å²) >= 11 is 0. The molecule has 2 aliphatic rings. The van der Waals surface area contributed by atoms with Gasteiger partial charge in [-0.25, -0.2) is 4.79 Å². The van der Waals surface area contributed by atoms with Crippen LogP contribution in [-0.2, 0) is 11.0 Å². The molecular weight excluding hydrogens is 444 g/mol. The van der Waals surface area contributed by atoms with Crippen LogP contribution in [0.3, 0.4) is 0 Å². The number of carboxylic acid groups (broad SMARTS) is 1. The van der Waals surface area contributed by atoms with Crippen LogP contribution in [-0.4, -0.2) is 72.8 Å². The van der Waals surface area contributed by atoms with Gasteiger partial charge < -0.3 is 19.3 Å². The minimum atomic E-state index is -1.85. The Hall–Kier alpha value is -1.64. The van der Waals surface area contributed by atoms with E-state index in [2.05, 4.69) is 55.0 Å². The summed E-state index contributed by atoms with van der Waals surface area (Å²) in [5, 5.41) is 17.0. The molecule has 2 N–H and O–H groups in total.